The number of nitrogens with zero attached hydrogens (tertiary/aromatic N) is 2. The molecule has 0 atom stereocenters. The van der Waals surface area contributed by atoms with Crippen LogP contribution in [0.3, 0.4) is 0 Å². The highest BCUT2D eigenvalue weighted by atomic mass is 19.4. The van der Waals surface area contributed by atoms with E-state index < -0.39 is 28.5 Å². The van der Waals surface area contributed by atoms with Crippen LogP contribution in [0.5, 0.6) is 0 Å². The lowest BCUT2D eigenvalue weighted by atomic mass is 10.1. The van der Waals surface area contributed by atoms with Gasteiger partial charge < -0.3 is 10.1 Å². The Hall–Kier alpha value is -2.52. The van der Waals surface area contributed by atoms with E-state index in [-0.39, 0.29) is 28.8 Å². The first kappa shape index (κ1) is 21.5. The summed E-state index contributed by atoms with van der Waals surface area (Å²) in [4.78, 5) is 23.4. The van der Waals surface area contributed by atoms with Crippen LogP contribution < -0.4 is 10.3 Å². The molecular weight excluding hydrogens is 355 g/mol. The molecule has 0 aromatic heterocycles. The largest absolute Gasteiger partial charge is 0.473 e. The fraction of sp³-hybridized carbons (Fsp3) is 0.562. The number of nitrogens with one attached hydrogen (secondary N) is 1. The Morgan fingerprint density at radius 3 is 2.31 bits per heavy atom. The van der Waals surface area contributed by atoms with Gasteiger partial charge in [-0.05, 0) is 44.9 Å². The van der Waals surface area contributed by atoms with E-state index in [9.17, 15) is 28.1 Å². The van der Waals surface area contributed by atoms with Crippen molar-refractivity contribution in [1.82, 2.24) is 0 Å². The summed E-state index contributed by atoms with van der Waals surface area (Å²) < 4.78 is 44.5. The SMILES string of the molecule is CC(C)CNc1cc(N(C(=O)OC(C)(C)C)[N+](=O)[O-])ccc1C(F)(F)F. The molecule has 0 spiro atoms. The van der Waals surface area contributed by atoms with Gasteiger partial charge in [-0.25, -0.2) is 14.9 Å². The van der Waals surface area contributed by atoms with Crippen LogP contribution in [0, 0.1) is 16.0 Å². The predicted molar refractivity (Wildman–Crippen MR) is 90.5 cm³/mol. The Labute approximate surface area is 149 Å². The van der Waals surface area contributed by atoms with E-state index >= 15 is 0 Å². The number of rotatable bonds is 5. The van der Waals surface area contributed by atoms with E-state index in [1.807, 2.05) is 0 Å². The fourth-order valence-electron chi connectivity index (χ4n) is 1.94. The molecule has 26 heavy (non-hydrogen) atoms. The van der Waals surface area contributed by atoms with Gasteiger partial charge in [-0.3, -0.25) is 0 Å². The van der Waals surface area contributed by atoms with Gasteiger partial charge in [-0.15, -0.1) is 0 Å². The van der Waals surface area contributed by atoms with E-state index in [4.69, 9.17) is 4.74 Å². The van der Waals surface area contributed by atoms with Crippen molar-refractivity contribution in [2.75, 3.05) is 16.9 Å². The maximum absolute atomic E-state index is 13.2. The highest BCUT2D eigenvalue weighted by molar-refractivity contribution is 5.86. The molecule has 1 rings (SSSR count). The average molecular weight is 377 g/mol. The fourth-order valence-corrected chi connectivity index (χ4v) is 1.94. The van der Waals surface area contributed by atoms with E-state index in [0.717, 1.165) is 12.1 Å². The summed E-state index contributed by atoms with van der Waals surface area (Å²) in [6, 6.07) is 2.47. The minimum atomic E-state index is -4.65. The number of hydrazine groups is 1. The first-order chi connectivity index (χ1) is 11.7. The van der Waals surface area contributed by atoms with Crippen molar-refractivity contribution in [3.8, 4) is 0 Å². The van der Waals surface area contributed by atoms with Crippen molar-refractivity contribution in [3.63, 3.8) is 0 Å². The number of anilines is 2. The number of nitro groups is 1. The summed E-state index contributed by atoms with van der Waals surface area (Å²) in [5.41, 5.74) is -2.67. The van der Waals surface area contributed by atoms with Crippen LogP contribution in [-0.4, -0.2) is 23.3 Å². The lowest BCUT2D eigenvalue weighted by molar-refractivity contribution is -0.484. The molecule has 1 N–H and O–H groups in total. The Balaban J connectivity index is 3.34. The van der Waals surface area contributed by atoms with E-state index in [1.165, 1.54) is 20.8 Å². The first-order valence-corrected chi connectivity index (χ1v) is 7.85. The summed E-state index contributed by atoms with van der Waals surface area (Å²) in [7, 11) is 0. The van der Waals surface area contributed by atoms with Crippen molar-refractivity contribution >= 4 is 17.5 Å². The quantitative estimate of drug-likeness (QED) is 0.593. The number of hydrogen-bond acceptors (Lipinski definition) is 5. The molecule has 0 fully saturated rings. The lowest BCUT2D eigenvalue weighted by Crippen LogP contribution is -2.40. The highest BCUT2D eigenvalue weighted by Gasteiger charge is 2.37. The minimum Gasteiger partial charge on any atom is -0.440 e. The molecule has 146 valence electrons. The number of ether oxygens (including phenoxy) is 1. The van der Waals surface area contributed by atoms with Crippen LogP contribution in [0.25, 0.3) is 0 Å². The van der Waals surface area contributed by atoms with Gasteiger partial charge in [0.1, 0.15) is 11.3 Å². The molecule has 10 heteroatoms. The number of carbonyl (C=O) groups is 1. The third-order valence-corrected chi connectivity index (χ3v) is 2.98. The maximum atomic E-state index is 13.2. The van der Waals surface area contributed by atoms with Crippen LogP contribution in [0.4, 0.5) is 29.3 Å². The molecule has 0 radical (unpaired) electrons. The molecule has 0 saturated heterocycles. The van der Waals surface area contributed by atoms with Crippen molar-refractivity contribution < 1.29 is 27.7 Å². The van der Waals surface area contributed by atoms with E-state index in [2.05, 4.69) is 5.32 Å². The highest BCUT2D eigenvalue weighted by Crippen LogP contribution is 2.37. The van der Waals surface area contributed by atoms with Gasteiger partial charge in [0.05, 0.1) is 5.56 Å². The van der Waals surface area contributed by atoms with Crippen LogP contribution in [-0.2, 0) is 10.9 Å². The zero-order chi connectivity index (χ0) is 20.3. The zero-order valence-electron chi connectivity index (χ0n) is 15.2. The Bertz CT molecular complexity index is 670. The molecule has 0 aliphatic heterocycles. The molecule has 1 aromatic carbocycles. The van der Waals surface area contributed by atoms with Gasteiger partial charge in [-0.1, -0.05) is 13.8 Å². The summed E-state index contributed by atoms with van der Waals surface area (Å²) >= 11 is 0. The van der Waals surface area contributed by atoms with Gasteiger partial charge in [0.25, 0.3) is 0 Å². The smallest absolute Gasteiger partial charge is 0.440 e. The Morgan fingerprint density at radius 2 is 1.88 bits per heavy atom. The van der Waals surface area contributed by atoms with Gasteiger partial charge in [0.15, 0.2) is 5.03 Å². The number of halogens is 3. The third kappa shape index (κ3) is 6.08. The Kier molecular flexibility index (Phi) is 6.45. The lowest BCUT2D eigenvalue weighted by Gasteiger charge is -2.22. The predicted octanol–water partition coefficient (Wildman–Crippen LogP) is 4.71. The van der Waals surface area contributed by atoms with Gasteiger partial charge in [-0.2, -0.15) is 13.2 Å². The van der Waals surface area contributed by atoms with Crippen molar-refractivity contribution in [2.24, 2.45) is 5.92 Å². The maximum Gasteiger partial charge on any atom is 0.473 e. The molecule has 0 unspecified atom stereocenters. The zero-order valence-corrected chi connectivity index (χ0v) is 15.2. The number of alkyl halides is 3. The molecule has 7 nitrogen and oxygen atoms in total. The Morgan fingerprint density at radius 1 is 1.31 bits per heavy atom. The summed E-state index contributed by atoms with van der Waals surface area (Å²) in [6.07, 6.45) is -5.94. The monoisotopic (exact) mass is 377 g/mol. The number of benzene rings is 1. The van der Waals surface area contributed by atoms with Crippen molar-refractivity contribution in [2.45, 2.75) is 46.4 Å². The second-order valence-electron chi connectivity index (χ2n) is 7.03. The molecule has 0 heterocycles. The number of amides is 1. The van der Waals surface area contributed by atoms with Crippen LogP contribution in [0.2, 0.25) is 0 Å². The van der Waals surface area contributed by atoms with Crippen molar-refractivity contribution in [3.05, 3.63) is 33.9 Å². The van der Waals surface area contributed by atoms with Gasteiger partial charge in [0.2, 0.25) is 0 Å². The number of carbonyl (C=O) groups excluding carboxylic acids is 1. The number of hydrogen-bond donors (Lipinski definition) is 1. The van der Waals surface area contributed by atoms with Crippen LogP contribution >= 0.6 is 0 Å². The second kappa shape index (κ2) is 7.79. The van der Waals surface area contributed by atoms with E-state index in [0.29, 0.717) is 6.07 Å². The molecular formula is C16H22F3N3O4. The van der Waals surface area contributed by atoms with Crippen LogP contribution in [0.1, 0.15) is 40.2 Å². The molecule has 0 bridgehead atoms. The minimum absolute atomic E-state index is 0.0391. The van der Waals surface area contributed by atoms with Gasteiger partial charge >= 0.3 is 12.3 Å². The van der Waals surface area contributed by atoms with Crippen LogP contribution in [0.15, 0.2) is 18.2 Å². The molecule has 1 amide bonds. The van der Waals surface area contributed by atoms with Crippen molar-refractivity contribution in [1.29, 1.82) is 0 Å². The normalized spacial score (nSPS) is 12.0. The molecule has 1 aromatic rings. The second-order valence-corrected chi connectivity index (χ2v) is 7.03. The van der Waals surface area contributed by atoms with Gasteiger partial charge in [0, 0.05) is 17.2 Å². The summed E-state index contributed by atoms with van der Waals surface area (Å²) in [5.74, 6) is 0.0391. The molecule has 0 aliphatic carbocycles. The first-order valence-electron chi connectivity index (χ1n) is 7.85. The molecule has 0 aliphatic rings. The molecule has 0 saturated carbocycles. The average Bonchev–Trinajstić information content (AvgIpc) is 2.41. The summed E-state index contributed by atoms with van der Waals surface area (Å²) in [6.45, 7) is 8.38. The standard InChI is InChI=1S/C16H22F3N3O4/c1-10(2)9-20-13-8-11(6-7-12(13)16(17,18)19)21(22(24)25)14(23)26-15(3,4)5/h6-8,10,20H,9H2,1-5H3. The summed E-state index contributed by atoms with van der Waals surface area (Å²) in [5, 5.41) is 12.9. The topological polar surface area (TPSA) is 84.7 Å². The third-order valence-electron chi connectivity index (χ3n) is 2.98. The van der Waals surface area contributed by atoms with E-state index in [1.54, 1.807) is 13.8 Å².